The number of hydrogen-bond acceptors (Lipinski definition) is 3. The van der Waals surface area contributed by atoms with Gasteiger partial charge in [-0.15, -0.1) is 0 Å². The summed E-state index contributed by atoms with van der Waals surface area (Å²) in [7, 11) is 4.17. The molecule has 3 nitrogen and oxygen atoms in total. The van der Waals surface area contributed by atoms with Gasteiger partial charge in [-0.3, -0.25) is 0 Å². The zero-order valence-electron chi connectivity index (χ0n) is 11.5. The van der Waals surface area contributed by atoms with E-state index in [-0.39, 0.29) is 40.2 Å². The Balaban J connectivity index is 0.000001000. The van der Waals surface area contributed by atoms with E-state index in [1.54, 1.807) is 0 Å². The van der Waals surface area contributed by atoms with E-state index in [4.69, 9.17) is 9.47 Å². The molecule has 1 aliphatic heterocycles. The van der Waals surface area contributed by atoms with Gasteiger partial charge in [0, 0.05) is 12.0 Å². The third-order valence-corrected chi connectivity index (χ3v) is 3.23. The second-order valence-corrected chi connectivity index (χ2v) is 4.70. The summed E-state index contributed by atoms with van der Waals surface area (Å²) >= 11 is 0. The minimum atomic E-state index is 0. The van der Waals surface area contributed by atoms with Crippen LogP contribution in [0.3, 0.4) is 0 Å². The first-order valence-corrected chi connectivity index (χ1v) is 6.03. The van der Waals surface area contributed by atoms with Crippen molar-refractivity contribution in [1.82, 2.24) is 4.90 Å². The van der Waals surface area contributed by atoms with Gasteiger partial charge in [-0.2, -0.15) is 0 Å². The molecule has 1 atom stereocenters. The third kappa shape index (κ3) is 3.51. The Morgan fingerprint density at radius 2 is 1.70 bits per heavy atom. The number of hydrogen-bond donors (Lipinski definition) is 0. The van der Waals surface area contributed by atoms with Crippen molar-refractivity contribution in [2.75, 3.05) is 20.9 Å². The Bertz CT molecular complexity index is 436. The predicted octanol–water partition coefficient (Wildman–Crippen LogP) is -0.575. The Labute approximate surface area is 142 Å². The van der Waals surface area contributed by atoms with Crippen molar-refractivity contribution in [3.05, 3.63) is 55.4 Å². The molecule has 1 aromatic rings. The van der Waals surface area contributed by atoms with Crippen molar-refractivity contribution < 1.29 is 43.6 Å². The topological polar surface area (TPSA) is 21.7 Å². The fourth-order valence-electron chi connectivity index (χ4n) is 2.44. The molecule has 1 aromatic carbocycles. The van der Waals surface area contributed by atoms with Gasteiger partial charge in [-0.1, -0.05) is 6.07 Å². The summed E-state index contributed by atoms with van der Waals surface area (Å²) in [5.74, 6) is 2.96. The van der Waals surface area contributed by atoms with E-state index in [0.717, 1.165) is 11.5 Å². The van der Waals surface area contributed by atoms with Crippen LogP contribution in [-0.4, -0.2) is 25.8 Å². The molecule has 1 fully saturated rings. The SMILES string of the molecule is CN(C)C([C]1[CH][CH][CH][CH]1)c1ccc2c(c1)OCO2.[Cl-].[Ti+2]. The van der Waals surface area contributed by atoms with Gasteiger partial charge in [0.05, 0.1) is 0 Å². The first kappa shape index (κ1) is 17.8. The van der Waals surface area contributed by atoms with Crippen molar-refractivity contribution in [1.29, 1.82) is 0 Å². The Kier molecular flexibility index (Phi) is 6.86. The van der Waals surface area contributed by atoms with E-state index in [0.29, 0.717) is 6.79 Å². The molecule has 1 unspecified atom stereocenters. The van der Waals surface area contributed by atoms with Gasteiger partial charge in [0.25, 0.3) is 0 Å². The van der Waals surface area contributed by atoms with Crippen LogP contribution in [0.25, 0.3) is 0 Å². The summed E-state index contributed by atoms with van der Waals surface area (Å²) in [6.45, 7) is 0.321. The molecular weight excluding hydrogens is 309 g/mol. The number of nitrogens with zero attached hydrogens (tertiary/aromatic N) is 1. The molecule has 3 rings (SSSR count). The molecule has 5 radical (unpaired) electrons. The van der Waals surface area contributed by atoms with Crippen molar-refractivity contribution in [2.45, 2.75) is 6.04 Å². The van der Waals surface area contributed by atoms with Crippen LogP contribution in [-0.2, 0) is 21.7 Å². The molecule has 5 heteroatoms. The maximum atomic E-state index is 5.45. The second-order valence-electron chi connectivity index (χ2n) is 4.70. The predicted molar refractivity (Wildman–Crippen MR) is 69.4 cm³/mol. The smallest absolute Gasteiger partial charge is 1.00 e. The molecule has 0 bridgehead atoms. The maximum absolute atomic E-state index is 5.45. The molecule has 1 aliphatic carbocycles. The standard InChI is InChI=1S/C15H16NO2.ClH.Ti/c1-16(2)15(11-5-3-4-6-11)12-7-8-13-14(9-12)18-10-17-13;;/h3-9,15H,10H2,1-2H3;1H;/q;;+2/p-1. The average molecular weight is 326 g/mol. The van der Waals surface area contributed by atoms with E-state index < -0.39 is 0 Å². The van der Waals surface area contributed by atoms with Crippen LogP contribution < -0.4 is 21.9 Å². The molecule has 0 amide bonds. The van der Waals surface area contributed by atoms with Crippen molar-refractivity contribution in [2.24, 2.45) is 0 Å². The molecule has 20 heavy (non-hydrogen) atoms. The minimum absolute atomic E-state index is 0. The summed E-state index contributed by atoms with van der Waals surface area (Å²) in [4.78, 5) is 2.20. The maximum Gasteiger partial charge on any atom is 2.00 e. The first-order valence-electron chi connectivity index (χ1n) is 6.03. The summed E-state index contributed by atoms with van der Waals surface area (Å²) in [6.07, 6.45) is 8.43. The van der Waals surface area contributed by atoms with E-state index in [1.165, 1.54) is 11.5 Å². The molecule has 0 spiro atoms. The van der Waals surface area contributed by atoms with Crippen LogP contribution in [0.1, 0.15) is 11.6 Å². The van der Waals surface area contributed by atoms with Gasteiger partial charge in [0.2, 0.25) is 6.79 Å². The van der Waals surface area contributed by atoms with Gasteiger partial charge in [0.15, 0.2) is 11.5 Å². The number of rotatable bonds is 3. The van der Waals surface area contributed by atoms with Crippen LogP contribution >= 0.6 is 0 Å². The normalized spacial score (nSPS) is 18.6. The zero-order chi connectivity index (χ0) is 12.5. The number of benzene rings is 1. The van der Waals surface area contributed by atoms with Gasteiger partial charge >= 0.3 is 21.7 Å². The van der Waals surface area contributed by atoms with E-state index in [9.17, 15) is 0 Å². The minimum Gasteiger partial charge on any atom is -1.00 e. The third-order valence-electron chi connectivity index (χ3n) is 3.23. The van der Waals surface area contributed by atoms with E-state index in [1.807, 2.05) is 6.07 Å². The quantitative estimate of drug-likeness (QED) is 0.695. The van der Waals surface area contributed by atoms with Crippen LogP contribution in [0.2, 0.25) is 0 Å². The van der Waals surface area contributed by atoms with Gasteiger partial charge < -0.3 is 26.8 Å². The fourth-order valence-corrected chi connectivity index (χ4v) is 2.44. The summed E-state index contributed by atoms with van der Waals surface area (Å²) in [5, 5.41) is 0. The van der Waals surface area contributed by atoms with Gasteiger partial charge in [0.1, 0.15) is 0 Å². The van der Waals surface area contributed by atoms with Crippen molar-refractivity contribution in [3.63, 3.8) is 0 Å². The summed E-state index contributed by atoms with van der Waals surface area (Å²) in [6, 6.07) is 6.40. The molecule has 103 valence electrons. The molecule has 0 saturated heterocycles. The Morgan fingerprint density at radius 1 is 1.05 bits per heavy atom. The average Bonchev–Trinajstić information content (AvgIpc) is 2.98. The van der Waals surface area contributed by atoms with Crippen LogP contribution in [0.4, 0.5) is 0 Å². The molecule has 0 N–H and O–H groups in total. The van der Waals surface area contributed by atoms with Crippen LogP contribution in [0, 0.1) is 31.6 Å². The Morgan fingerprint density at radius 3 is 2.35 bits per heavy atom. The van der Waals surface area contributed by atoms with Gasteiger partial charge in [-0.25, -0.2) is 0 Å². The molecular formula is C15H16ClNO2Ti+. The Hall–Kier alpha value is -0.216. The second kappa shape index (κ2) is 7.70. The number of halogens is 1. The molecule has 0 aromatic heterocycles. The van der Waals surface area contributed by atoms with Crippen molar-refractivity contribution in [3.8, 4) is 11.5 Å². The largest absolute Gasteiger partial charge is 2.00 e. The van der Waals surface area contributed by atoms with Crippen LogP contribution in [0.15, 0.2) is 18.2 Å². The van der Waals surface area contributed by atoms with Crippen LogP contribution in [0.5, 0.6) is 11.5 Å². The number of fused-ring (bicyclic) bond motifs is 1. The number of ether oxygens (including phenoxy) is 2. The zero-order valence-corrected chi connectivity index (χ0v) is 13.8. The van der Waals surface area contributed by atoms with Crippen molar-refractivity contribution >= 4 is 0 Å². The monoisotopic (exact) mass is 325 g/mol. The summed E-state index contributed by atoms with van der Waals surface area (Å²) < 4.78 is 10.8. The summed E-state index contributed by atoms with van der Waals surface area (Å²) in [5.41, 5.74) is 1.22. The molecule has 1 saturated carbocycles. The van der Waals surface area contributed by atoms with Gasteiger partial charge in [-0.05, 0) is 57.5 Å². The first-order chi connectivity index (χ1) is 8.75. The van der Waals surface area contributed by atoms with E-state index in [2.05, 4.69) is 56.8 Å². The fraction of sp³-hybridized carbons (Fsp3) is 0.267. The molecule has 1 heterocycles. The van der Waals surface area contributed by atoms with E-state index >= 15 is 0 Å². The molecule has 2 aliphatic rings.